The molecule has 19 heavy (non-hydrogen) atoms. The van der Waals surface area contributed by atoms with Crippen molar-refractivity contribution in [2.24, 2.45) is 5.41 Å². The number of carboxylic acids is 1. The topological polar surface area (TPSA) is 40.5 Å². The Bertz CT molecular complexity index is 493. The minimum absolute atomic E-state index is 0.0323. The number of benzene rings is 1. The van der Waals surface area contributed by atoms with Gasteiger partial charge in [-0.05, 0) is 49.7 Å². The molecule has 3 nitrogen and oxygen atoms in total. The summed E-state index contributed by atoms with van der Waals surface area (Å²) in [5.41, 5.74) is 2.76. The molecule has 102 valence electrons. The third-order valence-corrected chi connectivity index (χ3v) is 4.65. The van der Waals surface area contributed by atoms with Gasteiger partial charge in [-0.25, -0.2) is 0 Å². The Balaban J connectivity index is 1.82. The molecule has 1 N–H and O–H groups in total. The minimum Gasteiger partial charge on any atom is -0.481 e. The molecule has 0 amide bonds. The lowest BCUT2D eigenvalue weighted by Crippen LogP contribution is -2.41. The molecule has 1 aliphatic carbocycles. The van der Waals surface area contributed by atoms with Crippen molar-refractivity contribution in [1.82, 2.24) is 0 Å². The second kappa shape index (κ2) is 4.55. The first kappa shape index (κ1) is 12.5. The second-order valence-electron chi connectivity index (χ2n) is 6.21. The van der Waals surface area contributed by atoms with E-state index in [0.717, 1.165) is 25.8 Å². The average Bonchev–Trinajstić information content (AvgIpc) is 3.12. The Morgan fingerprint density at radius 1 is 1.42 bits per heavy atom. The third kappa shape index (κ3) is 2.46. The zero-order chi connectivity index (χ0) is 13.5. The van der Waals surface area contributed by atoms with Crippen LogP contribution in [0.15, 0.2) is 24.3 Å². The number of fused-ring (bicyclic) bond motifs is 1. The van der Waals surface area contributed by atoms with Gasteiger partial charge in [-0.3, -0.25) is 4.79 Å². The molecule has 1 fully saturated rings. The molecule has 0 aromatic heterocycles. The SMILES string of the molecule is CC1CCc2ccccc2N1CC1(CC(=O)O)CC1. The highest BCUT2D eigenvalue weighted by Gasteiger charge is 2.46. The molecule has 0 saturated heterocycles. The predicted molar refractivity (Wildman–Crippen MR) is 75.5 cm³/mol. The van der Waals surface area contributed by atoms with Gasteiger partial charge < -0.3 is 10.0 Å². The number of rotatable bonds is 4. The highest BCUT2D eigenvalue weighted by molar-refractivity contribution is 5.68. The lowest BCUT2D eigenvalue weighted by atomic mass is 9.93. The fourth-order valence-corrected chi connectivity index (χ4v) is 3.25. The third-order valence-electron chi connectivity index (χ3n) is 4.65. The molecule has 0 radical (unpaired) electrons. The monoisotopic (exact) mass is 259 g/mol. The molecule has 2 aliphatic rings. The van der Waals surface area contributed by atoms with Crippen LogP contribution in [0.4, 0.5) is 5.69 Å². The number of aliphatic carboxylic acids is 1. The molecule has 3 heteroatoms. The van der Waals surface area contributed by atoms with Gasteiger partial charge in [0.1, 0.15) is 0 Å². The Hall–Kier alpha value is -1.51. The van der Waals surface area contributed by atoms with E-state index in [1.807, 2.05) is 0 Å². The van der Waals surface area contributed by atoms with Gasteiger partial charge in [-0.1, -0.05) is 18.2 Å². The average molecular weight is 259 g/mol. The van der Waals surface area contributed by atoms with Crippen LogP contribution in [0, 0.1) is 5.41 Å². The van der Waals surface area contributed by atoms with Crippen LogP contribution in [0.1, 0.15) is 38.2 Å². The van der Waals surface area contributed by atoms with Crippen LogP contribution >= 0.6 is 0 Å². The molecule has 1 aromatic carbocycles. The molecule has 1 aromatic rings. The number of carbonyl (C=O) groups is 1. The van der Waals surface area contributed by atoms with Crippen molar-refractivity contribution in [3.63, 3.8) is 0 Å². The van der Waals surface area contributed by atoms with E-state index in [1.165, 1.54) is 17.7 Å². The van der Waals surface area contributed by atoms with E-state index in [2.05, 4.69) is 36.1 Å². The summed E-state index contributed by atoms with van der Waals surface area (Å²) in [5.74, 6) is -0.657. The van der Waals surface area contributed by atoms with Crippen molar-refractivity contribution in [2.75, 3.05) is 11.4 Å². The summed E-state index contributed by atoms with van der Waals surface area (Å²) in [6.07, 6.45) is 4.74. The van der Waals surface area contributed by atoms with Crippen LogP contribution < -0.4 is 4.90 Å². The number of carboxylic acid groups (broad SMARTS) is 1. The van der Waals surface area contributed by atoms with E-state index in [-0.39, 0.29) is 5.41 Å². The highest BCUT2D eigenvalue weighted by atomic mass is 16.4. The fraction of sp³-hybridized carbons (Fsp3) is 0.562. The molecule has 1 unspecified atom stereocenters. The van der Waals surface area contributed by atoms with E-state index < -0.39 is 5.97 Å². The van der Waals surface area contributed by atoms with Crippen molar-refractivity contribution >= 4 is 11.7 Å². The van der Waals surface area contributed by atoms with Crippen LogP contribution in [-0.2, 0) is 11.2 Å². The molecule has 1 saturated carbocycles. The van der Waals surface area contributed by atoms with Gasteiger partial charge in [0.25, 0.3) is 0 Å². The van der Waals surface area contributed by atoms with Gasteiger partial charge in [-0.15, -0.1) is 0 Å². The minimum atomic E-state index is -0.657. The number of hydrogen-bond donors (Lipinski definition) is 1. The maximum Gasteiger partial charge on any atom is 0.303 e. The number of para-hydroxylation sites is 1. The quantitative estimate of drug-likeness (QED) is 0.903. The molecular weight excluding hydrogens is 238 g/mol. The zero-order valence-corrected chi connectivity index (χ0v) is 11.4. The van der Waals surface area contributed by atoms with E-state index >= 15 is 0 Å². The standard InChI is InChI=1S/C16H21NO2/c1-12-6-7-13-4-2-3-5-14(13)17(12)11-16(8-9-16)10-15(18)19/h2-5,12H,6-11H2,1H3,(H,18,19). The Kier molecular flexibility index (Phi) is 3.00. The van der Waals surface area contributed by atoms with Gasteiger partial charge in [-0.2, -0.15) is 0 Å². The second-order valence-corrected chi connectivity index (χ2v) is 6.21. The predicted octanol–water partition coefficient (Wildman–Crippen LogP) is 3.08. The van der Waals surface area contributed by atoms with E-state index in [1.54, 1.807) is 0 Å². The molecule has 3 rings (SSSR count). The van der Waals surface area contributed by atoms with Gasteiger partial charge >= 0.3 is 5.97 Å². The summed E-state index contributed by atoms with van der Waals surface area (Å²) >= 11 is 0. The largest absolute Gasteiger partial charge is 0.481 e. The van der Waals surface area contributed by atoms with Crippen molar-refractivity contribution in [2.45, 2.75) is 45.1 Å². The van der Waals surface area contributed by atoms with E-state index in [9.17, 15) is 4.79 Å². The smallest absolute Gasteiger partial charge is 0.303 e. The van der Waals surface area contributed by atoms with Gasteiger partial charge in [0, 0.05) is 18.3 Å². The maximum atomic E-state index is 11.0. The maximum absolute atomic E-state index is 11.0. The number of hydrogen-bond acceptors (Lipinski definition) is 2. The number of anilines is 1. The van der Waals surface area contributed by atoms with E-state index in [4.69, 9.17) is 5.11 Å². The first-order chi connectivity index (χ1) is 9.10. The van der Waals surface area contributed by atoms with Gasteiger partial charge in [0.05, 0.1) is 6.42 Å². The fourth-order valence-electron chi connectivity index (χ4n) is 3.25. The summed E-state index contributed by atoms with van der Waals surface area (Å²) in [6, 6.07) is 9.08. The molecule has 1 heterocycles. The number of aryl methyl sites for hydroxylation is 1. The Morgan fingerprint density at radius 2 is 2.16 bits per heavy atom. The summed E-state index contributed by atoms with van der Waals surface area (Å²) < 4.78 is 0. The summed E-state index contributed by atoms with van der Waals surface area (Å²) in [7, 11) is 0. The Labute approximate surface area is 114 Å². The lowest BCUT2D eigenvalue weighted by Gasteiger charge is -2.39. The normalized spacial score (nSPS) is 23.8. The van der Waals surface area contributed by atoms with Crippen molar-refractivity contribution in [3.8, 4) is 0 Å². The lowest BCUT2D eigenvalue weighted by molar-refractivity contribution is -0.138. The summed E-state index contributed by atoms with van der Waals surface area (Å²) in [6.45, 7) is 3.16. The first-order valence-corrected chi connectivity index (χ1v) is 7.16. The molecule has 0 spiro atoms. The van der Waals surface area contributed by atoms with Crippen molar-refractivity contribution in [3.05, 3.63) is 29.8 Å². The molecule has 1 aliphatic heterocycles. The van der Waals surface area contributed by atoms with Crippen molar-refractivity contribution in [1.29, 1.82) is 0 Å². The summed E-state index contributed by atoms with van der Waals surface area (Å²) in [5, 5.41) is 9.06. The molecule has 0 bridgehead atoms. The van der Waals surface area contributed by atoms with Gasteiger partial charge in [0.2, 0.25) is 0 Å². The Morgan fingerprint density at radius 3 is 2.84 bits per heavy atom. The molecule has 1 atom stereocenters. The van der Waals surface area contributed by atoms with Crippen LogP contribution in [0.3, 0.4) is 0 Å². The van der Waals surface area contributed by atoms with Crippen molar-refractivity contribution < 1.29 is 9.90 Å². The van der Waals surface area contributed by atoms with Crippen LogP contribution in [0.2, 0.25) is 0 Å². The number of nitrogens with zero attached hydrogens (tertiary/aromatic N) is 1. The van der Waals surface area contributed by atoms with E-state index in [0.29, 0.717) is 12.5 Å². The van der Waals surface area contributed by atoms with Crippen LogP contribution in [-0.4, -0.2) is 23.7 Å². The molecular formula is C16H21NO2. The van der Waals surface area contributed by atoms with Crippen LogP contribution in [0.25, 0.3) is 0 Å². The van der Waals surface area contributed by atoms with Crippen LogP contribution in [0.5, 0.6) is 0 Å². The van der Waals surface area contributed by atoms with Gasteiger partial charge in [0.15, 0.2) is 0 Å². The first-order valence-electron chi connectivity index (χ1n) is 7.16. The highest BCUT2D eigenvalue weighted by Crippen LogP contribution is 2.50. The summed E-state index contributed by atoms with van der Waals surface area (Å²) in [4.78, 5) is 13.4. The zero-order valence-electron chi connectivity index (χ0n) is 11.4.